The summed E-state index contributed by atoms with van der Waals surface area (Å²) >= 11 is 0. The highest BCUT2D eigenvalue weighted by Gasteiger charge is 2.19. The van der Waals surface area contributed by atoms with Gasteiger partial charge in [-0.25, -0.2) is 4.98 Å². The Bertz CT molecular complexity index is 3550. The number of hydrogen-bond acceptors (Lipinski definition) is 3. The van der Waals surface area contributed by atoms with Crippen molar-refractivity contribution in [2.75, 3.05) is 0 Å². The van der Waals surface area contributed by atoms with Gasteiger partial charge in [-0.3, -0.25) is 4.57 Å². The van der Waals surface area contributed by atoms with Crippen molar-refractivity contribution in [2.45, 2.75) is 0 Å². The summed E-state index contributed by atoms with van der Waals surface area (Å²) in [4.78, 5) is 15.2. The van der Waals surface area contributed by atoms with Gasteiger partial charge in [0.05, 0.1) is 22.1 Å². The summed E-state index contributed by atoms with van der Waals surface area (Å²) < 4.78 is 4.58. The zero-order valence-electron chi connectivity index (χ0n) is 33.6. The second kappa shape index (κ2) is 14.7. The van der Waals surface area contributed by atoms with Crippen LogP contribution in [0.2, 0.25) is 0 Å². The highest BCUT2D eigenvalue weighted by Crippen LogP contribution is 2.39. The molecule has 62 heavy (non-hydrogen) atoms. The van der Waals surface area contributed by atoms with Crippen molar-refractivity contribution in [1.82, 2.24) is 24.1 Å². The number of aromatic nitrogens is 5. The first-order chi connectivity index (χ1) is 30.7. The van der Waals surface area contributed by atoms with Gasteiger partial charge < -0.3 is 4.57 Å². The minimum Gasteiger partial charge on any atom is -0.309 e. The van der Waals surface area contributed by atoms with Crippen LogP contribution in [0.4, 0.5) is 0 Å². The van der Waals surface area contributed by atoms with Crippen molar-refractivity contribution >= 4 is 43.6 Å². The summed E-state index contributed by atoms with van der Waals surface area (Å²) in [6, 6.07) is 79.5. The second-order valence-corrected chi connectivity index (χ2v) is 15.7. The second-order valence-electron chi connectivity index (χ2n) is 15.7. The largest absolute Gasteiger partial charge is 0.309 e. The lowest BCUT2D eigenvalue weighted by molar-refractivity contribution is 0.953. The van der Waals surface area contributed by atoms with Crippen molar-refractivity contribution in [1.29, 1.82) is 0 Å². The molecule has 0 fully saturated rings. The van der Waals surface area contributed by atoms with Crippen molar-refractivity contribution < 1.29 is 0 Å². The van der Waals surface area contributed by atoms with Gasteiger partial charge in [-0.05, 0) is 81.9 Å². The predicted octanol–water partition coefficient (Wildman–Crippen LogP) is 14.4. The molecule has 0 spiro atoms. The molecule has 0 N–H and O–H groups in total. The minimum atomic E-state index is 0.583. The van der Waals surface area contributed by atoms with Crippen molar-refractivity contribution in [3.63, 3.8) is 0 Å². The van der Waals surface area contributed by atoms with Gasteiger partial charge in [-0.15, -0.1) is 0 Å². The van der Waals surface area contributed by atoms with E-state index in [1.807, 2.05) is 60.7 Å². The third-order valence-electron chi connectivity index (χ3n) is 12.0. The minimum absolute atomic E-state index is 0.583. The van der Waals surface area contributed by atoms with Crippen molar-refractivity contribution in [3.8, 4) is 67.8 Å². The van der Waals surface area contributed by atoms with E-state index in [1.54, 1.807) is 0 Å². The van der Waals surface area contributed by atoms with E-state index in [9.17, 15) is 0 Å². The number of para-hydroxylation sites is 2. The molecule has 290 valence electrons. The number of fused-ring (bicyclic) bond motifs is 6. The number of nitrogens with zero attached hydrogens (tertiary/aromatic N) is 5. The Kier molecular flexibility index (Phi) is 8.42. The SMILES string of the molecule is c1ccc(-c2ccc(-c3cccc(-n4c5ccccc5c5cc(-c6ccc7c(c6)c6ccccc6n7-c6nc(-c7ccccc7)nc(-c7ccccc7)n6)ccc54)c3)cc2)cc1. The Morgan fingerprint density at radius 1 is 0.242 bits per heavy atom. The predicted molar refractivity (Wildman–Crippen MR) is 256 cm³/mol. The molecule has 0 saturated heterocycles. The molecule has 3 aromatic heterocycles. The quantitative estimate of drug-likeness (QED) is 0.162. The first kappa shape index (κ1) is 35.5. The molecule has 0 bridgehead atoms. The molecule has 9 aromatic carbocycles. The van der Waals surface area contributed by atoms with E-state index in [0.29, 0.717) is 17.6 Å². The fourth-order valence-corrected chi connectivity index (χ4v) is 9.01. The van der Waals surface area contributed by atoms with Crippen LogP contribution in [0.3, 0.4) is 0 Å². The molecule has 5 heteroatoms. The van der Waals surface area contributed by atoms with Crippen LogP contribution in [0.15, 0.2) is 224 Å². The summed E-state index contributed by atoms with van der Waals surface area (Å²) in [6.45, 7) is 0. The van der Waals surface area contributed by atoms with Gasteiger partial charge in [0.1, 0.15) is 0 Å². The highest BCUT2D eigenvalue weighted by atomic mass is 15.2. The fourth-order valence-electron chi connectivity index (χ4n) is 9.01. The Labute approximate surface area is 358 Å². The lowest BCUT2D eigenvalue weighted by Gasteiger charge is -2.12. The molecule has 0 saturated carbocycles. The molecule has 0 atom stereocenters. The Morgan fingerprint density at radius 3 is 1.19 bits per heavy atom. The zero-order chi connectivity index (χ0) is 41.0. The lowest BCUT2D eigenvalue weighted by Crippen LogP contribution is -2.06. The molecule has 0 radical (unpaired) electrons. The van der Waals surface area contributed by atoms with Crippen molar-refractivity contribution in [3.05, 3.63) is 224 Å². The standard InChI is InChI=1S/C57H37N5/c1-4-15-38(16-5-1)39-27-29-40(30-28-39)43-21-14-22-46(35-43)61-51-25-12-10-23-47(51)49-36-44(31-33-53(49)61)45-32-34-54-50(37-45)48-24-11-13-26-52(48)62(54)57-59-55(41-17-6-2-7-18-41)58-56(60-57)42-19-8-3-9-20-42/h1-37H. The average molecular weight is 792 g/mol. The zero-order valence-corrected chi connectivity index (χ0v) is 33.6. The smallest absolute Gasteiger partial charge is 0.238 e. The number of benzene rings is 9. The molecule has 0 amide bonds. The van der Waals surface area contributed by atoms with Crippen LogP contribution in [-0.4, -0.2) is 24.1 Å². The summed E-state index contributed by atoms with van der Waals surface area (Å²) in [5.41, 5.74) is 14.5. The molecule has 12 rings (SSSR count). The van der Waals surface area contributed by atoms with E-state index < -0.39 is 0 Å². The third-order valence-corrected chi connectivity index (χ3v) is 12.0. The van der Waals surface area contributed by atoms with E-state index in [1.165, 1.54) is 44.1 Å². The average Bonchev–Trinajstić information content (AvgIpc) is 3.87. The molecule has 0 aliphatic heterocycles. The maximum Gasteiger partial charge on any atom is 0.238 e. The van der Waals surface area contributed by atoms with E-state index in [0.717, 1.165) is 49.7 Å². The van der Waals surface area contributed by atoms with Crippen LogP contribution < -0.4 is 0 Å². The van der Waals surface area contributed by atoms with E-state index >= 15 is 0 Å². The summed E-state index contributed by atoms with van der Waals surface area (Å²) in [6.07, 6.45) is 0. The van der Waals surface area contributed by atoms with Crippen LogP contribution in [0.5, 0.6) is 0 Å². The normalized spacial score (nSPS) is 11.5. The van der Waals surface area contributed by atoms with Crippen LogP contribution in [0, 0.1) is 0 Å². The number of hydrogen-bond donors (Lipinski definition) is 0. The molecule has 5 nitrogen and oxygen atoms in total. The maximum atomic E-state index is 5.12. The molecule has 0 aliphatic rings. The number of rotatable bonds is 7. The Hall–Kier alpha value is -8.41. The summed E-state index contributed by atoms with van der Waals surface area (Å²) in [7, 11) is 0. The van der Waals surface area contributed by atoms with Gasteiger partial charge in [0.25, 0.3) is 0 Å². The monoisotopic (exact) mass is 791 g/mol. The first-order valence-corrected chi connectivity index (χ1v) is 20.9. The Morgan fingerprint density at radius 2 is 0.629 bits per heavy atom. The molecule has 3 heterocycles. The molecule has 0 aliphatic carbocycles. The Balaban J connectivity index is 0.968. The van der Waals surface area contributed by atoms with Crippen LogP contribution in [0.25, 0.3) is 111 Å². The topological polar surface area (TPSA) is 48.5 Å². The van der Waals surface area contributed by atoms with Gasteiger partial charge in [0.2, 0.25) is 5.95 Å². The molecular weight excluding hydrogens is 755 g/mol. The molecule has 12 aromatic rings. The fraction of sp³-hybridized carbons (Fsp3) is 0. The van der Waals surface area contributed by atoms with E-state index in [2.05, 4.69) is 173 Å². The van der Waals surface area contributed by atoms with Gasteiger partial charge in [-0.1, -0.05) is 176 Å². The molecular formula is C57H37N5. The van der Waals surface area contributed by atoms with Gasteiger partial charge >= 0.3 is 0 Å². The maximum absolute atomic E-state index is 5.12. The van der Waals surface area contributed by atoms with Crippen LogP contribution in [-0.2, 0) is 0 Å². The van der Waals surface area contributed by atoms with E-state index in [4.69, 9.17) is 15.0 Å². The van der Waals surface area contributed by atoms with Crippen LogP contribution >= 0.6 is 0 Å². The van der Waals surface area contributed by atoms with Crippen LogP contribution in [0.1, 0.15) is 0 Å². The molecule has 0 unspecified atom stereocenters. The third kappa shape index (κ3) is 6.06. The van der Waals surface area contributed by atoms with Gasteiger partial charge in [0, 0.05) is 38.4 Å². The highest BCUT2D eigenvalue weighted by molar-refractivity contribution is 6.12. The first-order valence-electron chi connectivity index (χ1n) is 20.9. The summed E-state index contributed by atoms with van der Waals surface area (Å²) in [5.74, 6) is 1.85. The lowest BCUT2D eigenvalue weighted by atomic mass is 10.00. The van der Waals surface area contributed by atoms with Gasteiger partial charge in [0.15, 0.2) is 11.6 Å². The van der Waals surface area contributed by atoms with E-state index in [-0.39, 0.29) is 0 Å². The summed E-state index contributed by atoms with van der Waals surface area (Å²) in [5, 5.41) is 4.71. The van der Waals surface area contributed by atoms with Crippen molar-refractivity contribution in [2.24, 2.45) is 0 Å². The van der Waals surface area contributed by atoms with Gasteiger partial charge in [-0.2, -0.15) is 9.97 Å².